The van der Waals surface area contributed by atoms with Gasteiger partial charge in [-0.3, -0.25) is 4.79 Å². The van der Waals surface area contributed by atoms with Gasteiger partial charge in [-0.15, -0.1) is 0 Å². The van der Waals surface area contributed by atoms with Crippen molar-refractivity contribution >= 4 is 10.8 Å². The van der Waals surface area contributed by atoms with E-state index in [1.807, 2.05) is 22.9 Å². The van der Waals surface area contributed by atoms with Crippen LogP contribution in [-0.4, -0.2) is 31.9 Å². The number of pyridine rings is 1. The fourth-order valence-electron chi connectivity index (χ4n) is 3.28. The molecule has 1 unspecified atom stereocenters. The van der Waals surface area contributed by atoms with Gasteiger partial charge in [-0.2, -0.15) is 0 Å². The molecule has 0 saturated carbocycles. The first kappa shape index (κ1) is 15.9. The number of hydrogen-bond acceptors (Lipinski definition) is 4. The molecule has 2 heterocycles. The highest BCUT2D eigenvalue weighted by Crippen LogP contribution is 2.30. The molecule has 1 aromatic heterocycles. The number of fused-ring (bicyclic) bond motifs is 1. The highest BCUT2D eigenvalue weighted by Gasteiger charge is 2.15. The minimum Gasteiger partial charge on any atom is -0.493 e. The van der Waals surface area contributed by atoms with E-state index in [9.17, 15) is 4.79 Å². The van der Waals surface area contributed by atoms with Crippen LogP contribution in [0, 0.1) is 5.92 Å². The second-order valence-electron chi connectivity index (χ2n) is 6.13. The van der Waals surface area contributed by atoms with Gasteiger partial charge in [0.15, 0.2) is 11.5 Å². The maximum Gasteiger partial charge on any atom is 0.258 e. The van der Waals surface area contributed by atoms with Crippen molar-refractivity contribution in [2.45, 2.75) is 25.8 Å². The molecule has 1 saturated heterocycles. The highest BCUT2D eigenvalue weighted by atomic mass is 16.5. The van der Waals surface area contributed by atoms with Crippen molar-refractivity contribution in [3.63, 3.8) is 0 Å². The minimum atomic E-state index is 0.0349. The van der Waals surface area contributed by atoms with E-state index in [1.165, 1.54) is 19.3 Å². The van der Waals surface area contributed by atoms with E-state index in [0.29, 0.717) is 22.8 Å². The van der Waals surface area contributed by atoms with Crippen molar-refractivity contribution in [1.29, 1.82) is 0 Å². The van der Waals surface area contributed by atoms with Gasteiger partial charge in [0.1, 0.15) is 0 Å². The van der Waals surface area contributed by atoms with E-state index in [2.05, 4.69) is 5.32 Å². The van der Waals surface area contributed by atoms with Gasteiger partial charge in [0, 0.05) is 12.7 Å². The number of aromatic nitrogens is 1. The van der Waals surface area contributed by atoms with Gasteiger partial charge in [-0.1, -0.05) is 6.42 Å². The molecule has 3 rings (SSSR count). The summed E-state index contributed by atoms with van der Waals surface area (Å²) in [5.41, 5.74) is 0.0349. The zero-order valence-corrected chi connectivity index (χ0v) is 13.8. The Bertz CT molecular complexity index is 731. The van der Waals surface area contributed by atoms with Gasteiger partial charge in [-0.25, -0.2) is 0 Å². The Morgan fingerprint density at radius 1 is 1.22 bits per heavy atom. The van der Waals surface area contributed by atoms with E-state index in [-0.39, 0.29) is 5.56 Å². The van der Waals surface area contributed by atoms with Crippen molar-refractivity contribution in [1.82, 2.24) is 9.88 Å². The zero-order valence-electron chi connectivity index (χ0n) is 13.8. The molecular weight excluding hydrogens is 292 g/mol. The van der Waals surface area contributed by atoms with Crippen LogP contribution in [0.3, 0.4) is 0 Å². The first-order valence-corrected chi connectivity index (χ1v) is 8.19. The Morgan fingerprint density at radius 2 is 2.00 bits per heavy atom. The van der Waals surface area contributed by atoms with Crippen LogP contribution in [0.4, 0.5) is 0 Å². The van der Waals surface area contributed by atoms with E-state index >= 15 is 0 Å². The average Bonchev–Trinajstić information content (AvgIpc) is 2.85. The van der Waals surface area contributed by atoms with Gasteiger partial charge in [0.05, 0.1) is 19.6 Å². The lowest BCUT2D eigenvalue weighted by Gasteiger charge is -2.17. The summed E-state index contributed by atoms with van der Waals surface area (Å²) in [6.45, 7) is 2.83. The Morgan fingerprint density at radius 3 is 2.78 bits per heavy atom. The Kier molecular flexibility index (Phi) is 4.86. The summed E-state index contributed by atoms with van der Waals surface area (Å²) in [5.74, 6) is 1.74. The van der Waals surface area contributed by atoms with E-state index in [1.54, 1.807) is 20.3 Å². The number of nitrogens with zero attached hydrogens (tertiary/aromatic N) is 1. The molecule has 0 bridgehead atoms. The van der Waals surface area contributed by atoms with Crippen molar-refractivity contribution in [3.05, 3.63) is 34.7 Å². The molecule has 0 amide bonds. The number of methoxy groups -OCH3 is 2. The van der Waals surface area contributed by atoms with Crippen LogP contribution in [0.5, 0.6) is 11.5 Å². The summed E-state index contributed by atoms with van der Waals surface area (Å²) in [5, 5.41) is 5.01. The lowest BCUT2D eigenvalue weighted by atomic mass is 10.0. The molecule has 0 spiro atoms. The predicted molar refractivity (Wildman–Crippen MR) is 91.5 cm³/mol. The van der Waals surface area contributed by atoms with Crippen LogP contribution in [0.15, 0.2) is 29.2 Å². The van der Waals surface area contributed by atoms with E-state index in [0.717, 1.165) is 25.0 Å². The third-order valence-corrected chi connectivity index (χ3v) is 4.58. The van der Waals surface area contributed by atoms with Gasteiger partial charge in [0.2, 0.25) is 0 Å². The molecule has 2 aromatic rings. The molecule has 1 aromatic carbocycles. The number of rotatable bonds is 4. The Balaban J connectivity index is 1.95. The number of hydrogen-bond donors (Lipinski definition) is 1. The number of nitrogens with one attached hydrogen (secondary N) is 1. The van der Waals surface area contributed by atoms with Crippen LogP contribution in [0.1, 0.15) is 19.3 Å². The van der Waals surface area contributed by atoms with Gasteiger partial charge >= 0.3 is 0 Å². The normalized spacial score (nSPS) is 18.6. The second-order valence-corrected chi connectivity index (χ2v) is 6.13. The van der Waals surface area contributed by atoms with Crippen LogP contribution in [0.2, 0.25) is 0 Å². The molecule has 1 fully saturated rings. The average molecular weight is 316 g/mol. The first-order valence-electron chi connectivity index (χ1n) is 8.19. The van der Waals surface area contributed by atoms with Crippen molar-refractivity contribution in [2.75, 3.05) is 27.3 Å². The van der Waals surface area contributed by atoms with Crippen LogP contribution in [-0.2, 0) is 6.54 Å². The lowest BCUT2D eigenvalue weighted by molar-refractivity contribution is 0.355. The minimum absolute atomic E-state index is 0.0349. The third kappa shape index (κ3) is 3.34. The van der Waals surface area contributed by atoms with Crippen LogP contribution in [0.25, 0.3) is 10.8 Å². The van der Waals surface area contributed by atoms with E-state index < -0.39 is 0 Å². The summed E-state index contributed by atoms with van der Waals surface area (Å²) in [4.78, 5) is 12.8. The molecule has 1 aliphatic heterocycles. The molecule has 1 N–H and O–H groups in total. The zero-order chi connectivity index (χ0) is 16.2. The molecule has 5 heteroatoms. The SMILES string of the molecule is COc1cc2ccn(CC3CCCCNC3)c(=O)c2cc1OC. The maximum atomic E-state index is 12.8. The molecule has 124 valence electrons. The molecule has 1 aliphatic rings. The van der Waals surface area contributed by atoms with Gasteiger partial charge < -0.3 is 19.4 Å². The number of benzene rings is 1. The molecule has 5 nitrogen and oxygen atoms in total. The smallest absolute Gasteiger partial charge is 0.258 e. The van der Waals surface area contributed by atoms with Crippen LogP contribution >= 0.6 is 0 Å². The highest BCUT2D eigenvalue weighted by molar-refractivity contribution is 5.85. The topological polar surface area (TPSA) is 52.5 Å². The van der Waals surface area contributed by atoms with Crippen molar-refractivity contribution < 1.29 is 9.47 Å². The summed E-state index contributed by atoms with van der Waals surface area (Å²) in [7, 11) is 3.19. The van der Waals surface area contributed by atoms with Gasteiger partial charge in [0.25, 0.3) is 5.56 Å². The first-order chi connectivity index (χ1) is 11.2. The second kappa shape index (κ2) is 7.04. The molecule has 23 heavy (non-hydrogen) atoms. The van der Waals surface area contributed by atoms with Crippen molar-refractivity contribution in [2.24, 2.45) is 5.92 Å². The third-order valence-electron chi connectivity index (χ3n) is 4.58. The molecule has 0 radical (unpaired) electrons. The van der Waals surface area contributed by atoms with E-state index in [4.69, 9.17) is 9.47 Å². The quantitative estimate of drug-likeness (QED) is 0.941. The fourth-order valence-corrected chi connectivity index (χ4v) is 3.28. The maximum absolute atomic E-state index is 12.8. The molecule has 0 aliphatic carbocycles. The van der Waals surface area contributed by atoms with Crippen molar-refractivity contribution in [3.8, 4) is 11.5 Å². The molecule has 1 atom stereocenters. The fraction of sp³-hybridized carbons (Fsp3) is 0.500. The summed E-state index contributed by atoms with van der Waals surface area (Å²) in [6.07, 6.45) is 5.51. The standard InChI is InChI=1S/C18H24N2O3/c1-22-16-9-14-6-8-20(12-13-5-3-4-7-19-11-13)18(21)15(14)10-17(16)23-2/h6,8-10,13,19H,3-5,7,11-12H2,1-2H3. The summed E-state index contributed by atoms with van der Waals surface area (Å²) in [6, 6.07) is 5.61. The number of ether oxygens (including phenoxy) is 2. The largest absolute Gasteiger partial charge is 0.493 e. The molecular formula is C18H24N2O3. The van der Waals surface area contributed by atoms with Gasteiger partial charge in [-0.05, 0) is 55.4 Å². The lowest BCUT2D eigenvalue weighted by Crippen LogP contribution is -2.28. The Labute approximate surface area is 136 Å². The monoisotopic (exact) mass is 316 g/mol. The van der Waals surface area contributed by atoms with Crippen LogP contribution < -0.4 is 20.3 Å². The summed E-state index contributed by atoms with van der Waals surface area (Å²) >= 11 is 0. The summed E-state index contributed by atoms with van der Waals surface area (Å²) < 4.78 is 12.5. The Hall–Kier alpha value is -2.01. The predicted octanol–water partition coefficient (Wildman–Crippen LogP) is 2.41.